The fourth-order valence-corrected chi connectivity index (χ4v) is 3.65. The minimum absolute atomic E-state index is 0.154. The normalized spacial score (nSPS) is 31.4. The molecule has 4 rings (SSSR count). The molecule has 2 aromatic rings. The Kier molecular flexibility index (Phi) is 2.28. The molecular weight excluding hydrogens is 232 g/mol. The summed E-state index contributed by atoms with van der Waals surface area (Å²) in [6.45, 7) is 0.824. The largest absolute Gasteiger partial charge is 0.501 e. The summed E-state index contributed by atoms with van der Waals surface area (Å²) in [6, 6.07) is 21.6. The molecule has 1 heterocycles. The highest BCUT2D eigenvalue weighted by Gasteiger charge is 2.65. The van der Waals surface area contributed by atoms with Gasteiger partial charge < -0.3 is 4.74 Å². The lowest BCUT2D eigenvalue weighted by Gasteiger charge is -2.17. The molecule has 1 aliphatic heterocycles. The van der Waals surface area contributed by atoms with Crippen LogP contribution in [0.2, 0.25) is 0 Å². The number of fused-ring (bicyclic) bond motifs is 1. The van der Waals surface area contributed by atoms with E-state index in [4.69, 9.17) is 4.74 Å². The van der Waals surface area contributed by atoms with E-state index in [9.17, 15) is 0 Å². The number of ether oxygens (including phenoxy) is 1. The number of rotatable bonds is 2. The minimum Gasteiger partial charge on any atom is -0.501 e. The summed E-state index contributed by atoms with van der Waals surface area (Å²) in [5.74, 6) is 1.12. The summed E-state index contributed by atoms with van der Waals surface area (Å²) >= 11 is 0. The predicted molar refractivity (Wildman–Crippen MR) is 75.9 cm³/mol. The maximum absolute atomic E-state index is 5.54. The van der Waals surface area contributed by atoms with Crippen molar-refractivity contribution in [3.63, 3.8) is 0 Å². The molecule has 0 spiro atoms. The van der Waals surface area contributed by atoms with Crippen LogP contribution in [0.3, 0.4) is 0 Å². The van der Waals surface area contributed by atoms with E-state index in [1.165, 1.54) is 11.1 Å². The first-order valence-electron chi connectivity index (χ1n) is 6.83. The quantitative estimate of drug-likeness (QED) is 0.783. The SMILES string of the molecule is C1=C[C@@]2(c3ccccc3)[C@@H](CO1)[C@@H]2c1ccccc1. The van der Waals surface area contributed by atoms with Crippen molar-refractivity contribution in [3.05, 3.63) is 84.1 Å². The molecule has 0 N–H and O–H groups in total. The lowest BCUT2D eigenvalue weighted by molar-refractivity contribution is 0.212. The van der Waals surface area contributed by atoms with E-state index >= 15 is 0 Å². The number of allylic oxidation sites excluding steroid dienone is 1. The van der Waals surface area contributed by atoms with Crippen LogP contribution in [0.1, 0.15) is 17.0 Å². The highest BCUT2D eigenvalue weighted by molar-refractivity contribution is 5.51. The fourth-order valence-electron chi connectivity index (χ4n) is 3.65. The molecule has 1 heteroatoms. The van der Waals surface area contributed by atoms with E-state index in [2.05, 4.69) is 66.7 Å². The Morgan fingerprint density at radius 1 is 0.895 bits per heavy atom. The summed E-state index contributed by atoms with van der Waals surface area (Å²) in [6.07, 6.45) is 4.14. The predicted octanol–water partition coefficient (Wildman–Crippen LogP) is 3.88. The Morgan fingerprint density at radius 2 is 1.58 bits per heavy atom. The van der Waals surface area contributed by atoms with Crippen molar-refractivity contribution in [3.8, 4) is 0 Å². The molecular formula is C18H16O. The van der Waals surface area contributed by atoms with Crippen LogP contribution >= 0.6 is 0 Å². The van der Waals surface area contributed by atoms with Crippen LogP contribution in [0.15, 0.2) is 73.0 Å². The topological polar surface area (TPSA) is 9.23 Å². The Balaban J connectivity index is 1.81. The molecule has 2 aromatic carbocycles. The lowest BCUT2D eigenvalue weighted by Crippen LogP contribution is -2.13. The van der Waals surface area contributed by atoms with Gasteiger partial charge in [-0.2, -0.15) is 0 Å². The smallest absolute Gasteiger partial charge is 0.0919 e. The van der Waals surface area contributed by atoms with E-state index in [1.54, 1.807) is 0 Å². The molecule has 94 valence electrons. The van der Waals surface area contributed by atoms with Gasteiger partial charge in [0.05, 0.1) is 12.9 Å². The summed E-state index contributed by atoms with van der Waals surface area (Å²) in [5, 5.41) is 0. The first-order valence-corrected chi connectivity index (χ1v) is 6.83. The van der Waals surface area contributed by atoms with Gasteiger partial charge in [-0.3, -0.25) is 0 Å². The van der Waals surface area contributed by atoms with Crippen LogP contribution in [0, 0.1) is 5.92 Å². The maximum Gasteiger partial charge on any atom is 0.0919 e. The number of hydrogen-bond acceptors (Lipinski definition) is 1. The molecule has 0 unspecified atom stereocenters. The number of benzene rings is 2. The molecule has 2 aliphatic rings. The summed E-state index contributed by atoms with van der Waals surface area (Å²) < 4.78 is 5.54. The van der Waals surface area contributed by atoms with Crippen molar-refractivity contribution in [1.82, 2.24) is 0 Å². The molecule has 0 aromatic heterocycles. The molecule has 1 saturated carbocycles. The van der Waals surface area contributed by atoms with Gasteiger partial charge in [0.15, 0.2) is 0 Å². The maximum atomic E-state index is 5.54. The van der Waals surface area contributed by atoms with Crippen LogP contribution in [0.5, 0.6) is 0 Å². The molecule has 19 heavy (non-hydrogen) atoms. The molecule has 0 radical (unpaired) electrons. The van der Waals surface area contributed by atoms with Crippen LogP contribution in [0.4, 0.5) is 0 Å². The van der Waals surface area contributed by atoms with E-state index in [0.717, 1.165) is 6.61 Å². The molecule has 0 bridgehead atoms. The van der Waals surface area contributed by atoms with Gasteiger partial charge in [0.1, 0.15) is 0 Å². The van der Waals surface area contributed by atoms with Crippen molar-refractivity contribution < 1.29 is 4.74 Å². The van der Waals surface area contributed by atoms with Crippen molar-refractivity contribution in [2.24, 2.45) is 5.92 Å². The Bertz CT molecular complexity index is 602. The van der Waals surface area contributed by atoms with E-state index in [0.29, 0.717) is 11.8 Å². The average Bonchev–Trinajstić information content (AvgIpc) is 3.19. The third-order valence-electron chi connectivity index (χ3n) is 4.57. The standard InChI is InChI=1S/C18H16O/c1-3-7-14(8-4-1)17-16-13-19-12-11-18(16,17)15-9-5-2-6-10-15/h1-12,16-17H,13H2/t16-,17-,18+/m0/s1. The fraction of sp³-hybridized carbons (Fsp3) is 0.222. The third-order valence-corrected chi connectivity index (χ3v) is 4.57. The van der Waals surface area contributed by atoms with Gasteiger partial charge in [0, 0.05) is 17.3 Å². The molecule has 1 aliphatic carbocycles. The first-order chi connectivity index (χ1) is 9.43. The highest BCUT2D eigenvalue weighted by Crippen LogP contribution is 2.67. The van der Waals surface area contributed by atoms with Crippen LogP contribution in [0.25, 0.3) is 0 Å². The Hall–Kier alpha value is -2.02. The Morgan fingerprint density at radius 3 is 2.32 bits per heavy atom. The average molecular weight is 248 g/mol. The van der Waals surface area contributed by atoms with Gasteiger partial charge in [-0.05, 0) is 17.2 Å². The first kappa shape index (κ1) is 10.9. The highest BCUT2D eigenvalue weighted by atomic mass is 16.5. The number of hydrogen-bond donors (Lipinski definition) is 0. The zero-order valence-electron chi connectivity index (χ0n) is 10.7. The second-order valence-electron chi connectivity index (χ2n) is 5.43. The third kappa shape index (κ3) is 1.48. The van der Waals surface area contributed by atoms with E-state index in [1.807, 2.05) is 6.26 Å². The minimum atomic E-state index is 0.154. The zero-order chi connectivity index (χ0) is 12.7. The van der Waals surface area contributed by atoms with Crippen molar-refractivity contribution in [2.75, 3.05) is 6.61 Å². The van der Waals surface area contributed by atoms with E-state index in [-0.39, 0.29) is 5.41 Å². The summed E-state index contributed by atoms with van der Waals surface area (Å²) in [5.41, 5.74) is 2.99. The molecule has 3 atom stereocenters. The van der Waals surface area contributed by atoms with Gasteiger partial charge in [0.2, 0.25) is 0 Å². The van der Waals surface area contributed by atoms with Crippen molar-refractivity contribution >= 4 is 0 Å². The second-order valence-corrected chi connectivity index (χ2v) is 5.43. The molecule has 1 fully saturated rings. The molecule has 0 amide bonds. The van der Waals surface area contributed by atoms with Gasteiger partial charge in [-0.15, -0.1) is 0 Å². The lowest BCUT2D eigenvalue weighted by atomic mass is 9.89. The van der Waals surface area contributed by atoms with Crippen molar-refractivity contribution in [2.45, 2.75) is 11.3 Å². The second kappa shape index (κ2) is 3.99. The van der Waals surface area contributed by atoms with E-state index < -0.39 is 0 Å². The van der Waals surface area contributed by atoms with Gasteiger partial charge in [-0.1, -0.05) is 60.7 Å². The van der Waals surface area contributed by atoms with Gasteiger partial charge in [0.25, 0.3) is 0 Å². The monoisotopic (exact) mass is 248 g/mol. The van der Waals surface area contributed by atoms with Gasteiger partial charge >= 0.3 is 0 Å². The van der Waals surface area contributed by atoms with Crippen LogP contribution in [-0.4, -0.2) is 6.61 Å². The molecule has 1 nitrogen and oxygen atoms in total. The zero-order valence-corrected chi connectivity index (χ0v) is 10.7. The Labute approximate surface area is 113 Å². The summed E-state index contributed by atoms with van der Waals surface area (Å²) in [4.78, 5) is 0. The van der Waals surface area contributed by atoms with Crippen LogP contribution in [-0.2, 0) is 10.2 Å². The van der Waals surface area contributed by atoms with Gasteiger partial charge in [-0.25, -0.2) is 0 Å². The van der Waals surface area contributed by atoms with Crippen molar-refractivity contribution in [1.29, 1.82) is 0 Å². The molecule has 0 saturated heterocycles. The van der Waals surface area contributed by atoms with Crippen LogP contribution < -0.4 is 0 Å². The summed E-state index contributed by atoms with van der Waals surface area (Å²) in [7, 11) is 0.